The van der Waals surface area contributed by atoms with Crippen LogP contribution in [0.2, 0.25) is 0 Å². The number of nitrogens with zero attached hydrogens (tertiary/aromatic N) is 1. The molecule has 112 valence electrons. The number of rotatable bonds is 2. The molecule has 0 N–H and O–H groups in total. The molecule has 3 nitrogen and oxygen atoms in total. The van der Waals surface area contributed by atoms with Gasteiger partial charge in [-0.25, -0.2) is 8.78 Å². The minimum atomic E-state index is -0.758. The normalized spacial score (nSPS) is 25.6. The topological polar surface area (TPSA) is 37.4 Å². The van der Waals surface area contributed by atoms with Gasteiger partial charge in [0.05, 0.1) is 0 Å². The zero-order valence-corrected chi connectivity index (χ0v) is 11.6. The van der Waals surface area contributed by atoms with E-state index < -0.39 is 11.6 Å². The van der Waals surface area contributed by atoms with E-state index in [1.54, 1.807) is 4.90 Å². The van der Waals surface area contributed by atoms with Crippen LogP contribution in [0.4, 0.5) is 8.78 Å². The first-order valence-corrected chi connectivity index (χ1v) is 7.36. The van der Waals surface area contributed by atoms with Gasteiger partial charge in [0, 0.05) is 36.6 Å². The summed E-state index contributed by atoms with van der Waals surface area (Å²) in [6.45, 7) is 0.547. The molecule has 1 aliphatic heterocycles. The summed E-state index contributed by atoms with van der Waals surface area (Å²) in [4.78, 5) is 26.0. The number of likely N-dealkylation sites (tertiary alicyclic amines) is 1. The number of hydrogen-bond donors (Lipinski definition) is 0. The number of benzene rings is 1. The van der Waals surface area contributed by atoms with Gasteiger partial charge in [-0.1, -0.05) is 0 Å². The average molecular weight is 293 g/mol. The van der Waals surface area contributed by atoms with Crippen molar-refractivity contribution in [3.8, 4) is 0 Å². The molecular formula is C16H17F2NO2. The Morgan fingerprint density at radius 2 is 1.81 bits per heavy atom. The third-order valence-corrected chi connectivity index (χ3v) is 4.49. The highest BCUT2D eigenvalue weighted by molar-refractivity contribution is 5.95. The van der Waals surface area contributed by atoms with Crippen LogP contribution in [0.25, 0.3) is 0 Å². The molecule has 1 heterocycles. The van der Waals surface area contributed by atoms with E-state index in [4.69, 9.17) is 0 Å². The zero-order valence-electron chi connectivity index (χ0n) is 11.6. The maximum Gasteiger partial charge on any atom is 0.254 e. The van der Waals surface area contributed by atoms with Gasteiger partial charge in [-0.15, -0.1) is 0 Å². The molecule has 1 saturated heterocycles. The Balaban J connectivity index is 1.84. The maximum absolute atomic E-state index is 13.3. The van der Waals surface area contributed by atoms with Gasteiger partial charge in [-0.3, -0.25) is 9.59 Å². The van der Waals surface area contributed by atoms with Gasteiger partial charge in [0.2, 0.25) is 0 Å². The van der Waals surface area contributed by atoms with E-state index in [1.807, 2.05) is 0 Å². The van der Waals surface area contributed by atoms with Crippen LogP contribution in [0, 0.1) is 17.6 Å². The van der Waals surface area contributed by atoms with Crippen LogP contribution in [0.5, 0.6) is 0 Å². The molecule has 1 amide bonds. The molecule has 2 atom stereocenters. The molecule has 1 aromatic rings. The van der Waals surface area contributed by atoms with Gasteiger partial charge >= 0.3 is 0 Å². The summed E-state index contributed by atoms with van der Waals surface area (Å²) in [5, 5.41) is 0. The molecule has 0 spiro atoms. The van der Waals surface area contributed by atoms with E-state index in [9.17, 15) is 18.4 Å². The summed E-state index contributed by atoms with van der Waals surface area (Å²) >= 11 is 0. The number of halogens is 2. The molecule has 1 aromatic carbocycles. The lowest BCUT2D eigenvalue weighted by atomic mass is 9.94. The highest BCUT2D eigenvalue weighted by atomic mass is 19.1. The molecule has 0 bridgehead atoms. The Kier molecular flexibility index (Phi) is 3.74. The largest absolute Gasteiger partial charge is 0.335 e. The minimum absolute atomic E-state index is 0.0184. The first-order chi connectivity index (χ1) is 10.1. The molecule has 5 heteroatoms. The fourth-order valence-electron chi connectivity index (χ4n) is 3.56. The molecule has 21 heavy (non-hydrogen) atoms. The number of amides is 1. The summed E-state index contributed by atoms with van der Waals surface area (Å²) < 4.78 is 26.5. The molecule has 1 saturated carbocycles. The number of ketones is 1. The number of carbonyl (C=O) groups excluding carboxylic acids is 2. The first kappa shape index (κ1) is 14.2. The molecule has 2 fully saturated rings. The van der Waals surface area contributed by atoms with E-state index in [2.05, 4.69) is 0 Å². The van der Waals surface area contributed by atoms with Crippen molar-refractivity contribution in [1.29, 1.82) is 0 Å². The minimum Gasteiger partial charge on any atom is -0.335 e. The maximum atomic E-state index is 13.3. The average Bonchev–Trinajstić information content (AvgIpc) is 3.04. The molecule has 0 aromatic heterocycles. The summed E-state index contributed by atoms with van der Waals surface area (Å²) in [6, 6.07) is 2.74. The number of carbonyl (C=O) groups is 2. The fourth-order valence-corrected chi connectivity index (χ4v) is 3.56. The van der Waals surface area contributed by atoms with Gasteiger partial charge in [0.15, 0.2) is 0 Å². The third-order valence-electron chi connectivity index (χ3n) is 4.49. The first-order valence-electron chi connectivity index (χ1n) is 7.36. The Bertz CT molecular complexity index is 567. The standard InChI is InChI=1S/C16H17F2NO2/c17-11-7-10(8-12(18)9-11)16(21)19-6-2-4-14(19)13-3-1-5-15(13)20/h7-9,13-14H,1-6H2. The van der Waals surface area contributed by atoms with Crippen LogP contribution in [-0.4, -0.2) is 29.2 Å². The van der Waals surface area contributed by atoms with Gasteiger partial charge in [-0.2, -0.15) is 0 Å². The highest BCUT2D eigenvalue weighted by Crippen LogP contribution is 2.34. The van der Waals surface area contributed by atoms with Crippen molar-refractivity contribution in [2.75, 3.05) is 6.54 Å². The molecule has 2 unspecified atom stereocenters. The highest BCUT2D eigenvalue weighted by Gasteiger charge is 2.40. The van der Waals surface area contributed by atoms with Crippen molar-refractivity contribution in [3.63, 3.8) is 0 Å². The van der Waals surface area contributed by atoms with Crippen molar-refractivity contribution in [2.45, 2.75) is 38.1 Å². The van der Waals surface area contributed by atoms with Crippen LogP contribution in [0.1, 0.15) is 42.5 Å². The summed E-state index contributed by atoms with van der Waals surface area (Å²) in [5.74, 6) is -1.78. The van der Waals surface area contributed by atoms with Gasteiger partial charge in [0.25, 0.3) is 5.91 Å². The predicted octanol–water partition coefficient (Wildman–Crippen LogP) is 2.94. The lowest BCUT2D eigenvalue weighted by Crippen LogP contribution is -2.41. The fraction of sp³-hybridized carbons (Fsp3) is 0.500. The van der Waals surface area contributed by atoms with Crippen LogP contribution >= 0.6 is 0 Å². The van der Waals surface area contributed by atoms with Crippen LogP contribution in [-0.2, 0) is 4.79 Å². The van der Waals surface area contributed by atoms with Gasteiger partial charge in [0.1, 0.15) is 17.4 Å². The Hall–Kier alpha value is -1.78. The smallest absolute Gasteiger partial charge is 0.254 e. The second kappa shape index (κ2) is 5.54. The Morgan fingerprint density at radius 3 is 2.43 bits per heavy atom. The quantitative estimate of drug-likeness (QED) is 0.840. The van der Waals surface area contributed by atoms with Gasteiger partial charge < -0.3 is 4.90 Å². The molecule has 1 aliphatic carbocycles. The van der Waals surface area contributed by atoms with Crippen LogP contribution < -0.4 is 0 Å². The predicted molar refractivity (Wildman–Crippen MR) is 72.8 cm³/mol. The summed E-state index contributed by atoms with van der Waals surface area (Å²) in [5.41, 5.74) is 0.0184. The Labute approximate surface area is 121 Å². The van der Waals surface area contributed by atoms with Gasteiger partial charge in [-0.05, 0) is 37.8 Å². The Morgan fingerprint density at radius 1 is 1.10 bits per heavy atom. The van der Waals surface area contributed by atoms with Crippen molar-refractivity contribution < 1.29 is 18.4 Å². The van der Waals surface area contributed by atoms with Crippen molar-refractivity contribution in [1.82, 2.24) is 4.90 Å². The molecular weight excluding hydrogens is 276 g/mol. The van der Waals surface area contributed by atoms with Crippen molar-refractivity contribution >= 4 is 11.7 Å². The van der Waals surface area contributed by atoms with Crippen LogP contribution in [0.15, 0.2) is 18.2 Å². The SMILES string of the molecule is O=C1CCCC1C1CCCN1C(=O)c1cc(F)cc(F)c1. The van der Waals surface area contributed by atoms with E-state index in [-0.39, 0.29) is 29.2 Å². The second-order valence-electron chi connectivity index (χ2n) is 5.83. The molecule has 2 aliphatic rings. The van der Waals surface area contributed by atoms with E-state index in [0.717, 1.165) is 43.9 Å². The molecule has 3 rings (SSSR count). The summed E-state index contributed by atoms with van der Waals surface area (Å²) in [6.07, 6.45) is 3.89. The third kappa shape index (κ3) is 2.69. The molecule has 0 radical (unpaired) electrons. The van der Waals surface area contributed by atoms with Crippen molar-refractivity contribution in [3.05, 3.63) is 35.4 Å². The lowest BCUT2D eigenvalue weighted by molar-refractivity contribution is -0.121. The summed E-state index contributed by atoms with van der Waals surface area (Å²) in [7, 11) is 0. The van der Waals surface area contributed by atoms with E-state index >= 15 is 0 Å². The lowest BCUT2D eigenvalue weighted by Gasteiger charge is -2.28. The monoisotopic (exact) mass is 293 g/mol. The van der Waals surface area contributed by atoms with E-state index in [0.29, 0.717) is 13.0 Å². The van der Waals surface area contributed by atoms with Crippen molar-refractivity contribution in [2.24, 2.45) is 5.92 Å². The van der Waals surface area contributed by atoms with E-state index in [1.165, 1.54) is 0 Å². The zero-order chi connectivity index (χ0) is 15.0. The second-order valence-corrected chi connectivity index (χ2v) is 5.83. The number of Topliss-reactive ketones (excluding diaryl/α,β-unsaturated/α-hetero) is 1. The number of hydrogen-bond acceptors (Lipinski definition) is 2. The van der Waals surface area contributed by atoms with Crippen LogP contribution in [0.3, 0.4) is 0 Å².